The third-order valence-corrected chi connectivity index (χ3v) is 2.76. The molecule has 1 rings (SSSR count). The van der Waals surface area contributed by atoms with Crippen molar-refractivity contribution in [3.05, 3.63) is 20.8 Å². The van der Waals surface area contributed by atoms with Gasteiger partial charge in [-0.15, -0.1) is 0 Å². The molecule has 0 saturated heterocycles. The van der Waals surface area contributed by atoms with Crippen LogP contribution in [0.15, 0.2) is 9.59 Å². The van der Waals surface area contributed by atoms with E-state index in [9.17, 15) is 9.59 Å². The number of ether oxygens (including phenoxy) is 1. The second-order valence-electron chi connectivity index (χ2n) is 4.29. The number of aliphatic hydroxyl groups excluding tert-OH is 1. The third-order valence-electron chi connectivity index (χ3n) is 2.76. The number of nitrogen functional groups attached to an aromatic ring is 1. The highest BCUT2D eigenvalue weighted by Crippen LogP contribution is 2.10. The van der Waals surface area contributed by atoms with Gasteiger partial charge in [-0.25, -0.2) is 4.79 Å². The van der Waals surface area contributed by atoms with Crippen molar-refractivity contribution in [2.45, 2.75) is 26.3 Å². The SMILES string of the molecule is CCCCn1c(N)c(NCCOCCO)c(=O)[nH]c1=O. The lowest BCUT2D eigenvalue weighted by Gasteiger charge is -2.13. The quantitative estimate of drug-likeness (QED) is 0.447. The van der Waals surface area contributed by atoms with E-state index in [2.05, 4.69) is 10.3 Å². The molecule has 0 amide bonds. The highest BCUT2D eigenvalue weighted by atomic mass is 16.5. The van der Waals surface area contributed by atoms with Crippen molar-refractivity contribution in [2.75, 3.05) is 37.4 Å². The molecule has 1 heterocycles. The molecule has 8 heteroatoms. The highest BCUT2D eigenvalue weighted by molar-refractivity contribution is 5.60. The molecule has 1 aromatic rings. The zero-order chi connectivity index (χ0) is 15.0. The van der Waals surface area contributed by atoms with Crippen LogP contribution in [0.4, 0.5) is 11.5 Å². The number of rotatable bonds is 9. The standard InChI is InChI=1S/C12H22N4O4/c1-2-3-5-16-10(13)9(11(18)15-12(16)19)14-4-7-20-8-6-17/h14,17H,2-8,13H2,1H3,(H,15,18,19). The van der Waals surface area contributed by atoms with Crippen LogP contribution in [0.25, 0.3) is 0 Å². The number of aromatic amines is 1. The third kappa shape index (κ3) is 4.39. The molecule has 20 heavy (non-hydrogen) atoms. The number of nitrogens with two attached hydrogens (primary N) is 1. The number of nitrogens with zero attached hydrogens (tertiary/aromatic N) is 1. The maximum Gasteiger partial charge on any atom is 0.330 e. The van der Waals surface area contributed by atoms with Gasteiger partial charge in [0, 0.05) is 13.1 Å². The smallest absolute Gasteiger partial charge is 0.330 e. The minimum atomic E-state index is -0.539. The molecular weight excluding hydrogens is 264 g/mol. The molecule has 1 aromatic heterocycles. The summed E-state index contributed by atoms with van der Waals surface area (Å²) in [6, 6.07) is 0. The average Bonchev–Trinajstić information content (AvgIpc) is 2.41. The molecule has 0 aliphatic heterocycles. The van der Waals surface area contributed by atoms with E-state index >= 15 is 0 Å². The first-order chi connectivity index (χ1) is 9.61. The summed E-state index contributed by atoms with van der Waals surface area (Å²) >= 11 is 0. The monoisotopic (exact) mass is 286 g/mol. The molecule has 114 valence electrons. The van der Waals surface area contributed by atoms with Gasteiger partial charge in [-0.2, -0.15) is 0 Å². The van der Waals surface area contributed by atoms with Crippen LogP contribution in [-0.2, 0) is 11.3 Å². The van der Waals surface area contributed by atoms with Crippen LogP contribution >= 0.6 is 0 Å². The zero-order valence-corrected chi connectivity index (χ0v) is 11.6. The molecular formula is C12H22N4O4. The predicted octanol–water partition coefficient (Wildman–Crippen LogP) is -0.660. The van der Waals surface area contributed by atoms with E-state index in [1.807, 2.05) is 6.92 Å². The fraction of sp³-hybridized carbons (Fsp3) is 0.667. The maximum atomic E-state index is 11.7. The van der Waals surface area contributed by atoms with Crippen LogP contribution in [0, 0.1) is 0 Å². The first kappa shape index (κ1) is 16.3. The molecule has 0 radical (unpaired) electrons. The molecule has 0 spiro atoms. The van der Waals surface area contributed by atoms with E-state index in [4.69, 9.17) is 15.6 Å². The Hall–Kier alpha value is -1.80. The van der Waals surface area contributed by atoms with Crippen molar-refractivity contribution in [2.24, 2.45) is 0 Å². The van der Waals surface area contributed by atoms with Gasteiger partial charge in [0.15, 0.2) is 0 Å². The molecule has 0 aliphatic rings. The predicted molar refractivity (Wildman–Crippen MR) is 77.0 cm³/mol. The van der Waals surface area contributed by atoms with Crippen LogP contribution in [0.2, 0.25) is 0 Å². The molecule has 0 aliphatic carbocycles. The van der Waals surface area contributed by atoms with Crippen molar-refractivity contribution in [3.8, 4) is 0 Å². The summed E-state index contributed by atoms with van der Waals surface area (Å²) in [4.78, 5) is 25.6. The van der Waals surface area contributed by atoms with Crippen molar-refractivity contribution in [1.29, 1.82) is 0 Å². The van der Waals surface area contributed by atoms with Gasteiger partial charge in [-0.3, -0.25) is 14.3 Å². The van der Waals surface area contributed by atoms with E-state index < -0.39 is 11.2 Å². The minimum Gasteiger partial charge on any atom is -0.394 e. The topological polar surface area (TPSA) is 122 Å². The van der Waals surface area contributed by atoms with Crippen LogP contribution < -0.4 is 22.3 Å². The number of aliphatic hydroxyl groups is 1. The number of aromatic nitrogens is 2. The van der Waals surface area contributed by atoms with Gasteiger partial charge in [-0.1, -0.05) is 13.3 Å². The Kier molecular flexibility index (Phi) is 6.82. The van der Waals surface area contributed by atoms with Gasteiger partial charge in [0.25, 0.3) is 5.56 Å². The lowest BCUT2D eigenvalue weighted by molar-refractivity contribution is 0.0992. The summed E-state index contributed by atoms with van der Waals surface area (Å²) in [6.45, 7) is 3.35. The Bertz CT molecular complexity index is 523. The molecule has 0 bridgehead atoms. The van der Waals surface area contributed by atoms with E-state index in [1.165, 1.54) is 4.57 Å². The summed E-state index contributed by atoms with van der Waals surface area (Å²) in [7, 11) is 0. The zero-order valence-electron chi connectivity index (χ0n) is 11.6. The average molecular weight is 286 g/mol. The van der Waals surface area contributed by atoms with Gasteiger partial charge in [0.1, 0.15) is 11.5 Å². The molecule has 0 saturated carbocycles. The lowest BCUT2D eigenvalue weighted by atomic mass is 10.3. The normalized spacial score (nSPS) is 10.7. The van der Waals surface area contributed by atoms with Gasteiger partial charge in [0.2, 0.25) is 0 Å². The van der Waals surface area contributed by atoms with Gasteiger partial charge in [0.05, 0.1) is 19.8 Å². The second kappa shape index (κ2) is 8.39. The van der Waals surface area contributed by atoms with Crippen molar-refractivity contribution in [3.63, 3.8) is 0 Å². The molecule has 0 unspecified atom stereocenters. The van der Waals surface area contributed by atoms with Crippen LogP contribution in [0.1, 0.15) is 19.8 Å². The van der Waals surface area contributed by atoms with Crippen LogP contribution in [-0.4, -0.2) is 41.0 Å². The van der Waals surface area contributed by atoms with E-state index in [1.54, 1.807) is 0 Å². The Morgan fingerprint density at radius 1 is 1.40 bits per heavy atom. The lowest BCUT2D eigenvalue weighted by Crippen LogP contribution is -2.34. The minimum absolute atomic E-state index is 0.0510. The summed E-state index contributed by atoms with van der Waals surface area (Å²) in [5.74, 6) is 0.134. The van der Waals surface area contributed by atoms with Crippen molar-refractivity contribution in [1.82, 2.24) is 9.55 Å². The second-order valence-corrected chi connectivity index (χ2v) is 4.29. The number of H-pyrrole nitrogens is 1. The first-order valence-corrected chi connectivity index (χ1v) is 6.66. The van der Waals surface area contributed by atoms with Crippen molar-refractivity contribution >= 4 is 11.5 Å². The summed E-state index contributed by atoms with van der Waals surface area (Å²) in [5, 5.41) is 11.4. The largest absolute Gasteiger partial charge is 0.394 e. The summed E-state index contributed by atoms with van der Waals surface area (Å²) < 4.78 is 6.42. The van der Waals surface area contributed by atoms with Crippen LogP contribution in [0.3, 0.4) is 0 Å². The van der Waals surface area contributed by atoms with Gasteiger partial charge < -0.3 is 20.9 Å². The number of hydrogen-bond acceptors (Lipinski definition) is 6. The number of nitrogens with one attached hydrogen (secondary N) is 2. The molecule has 5 N–H and O–H groups in total. The van der Waals surface area contributed by atoms with Gasteiger partial charge >= 0.3 is 5.69 Å². The Morgan fingerprint density at radius 3 is 2.80 bits per heavy atom. The molecule has 0 atom stereocenters. The Balaban J connectivity index is 2.79. The molecule has 0 aromatic carbocycles. The summed E-state index contributed by atoms with van der Waals surface area (Å²) in [6.07, 6.45) is 1.72. The fourth-order valence-corrected chi connectivity index (χ4v) is 1.71. The van der Waals surface area contributed by atoms with Gasteiger partial charge in [-0.05, 0) is 6.42 Å². The first-order valence-electron chi connectivity index (χ1n) is 6.66. The Labute approximate surface area is 116 Å². The number of hydrogen-bond donors (Lipinski definition) is 4. The molecule has 0 fully saturated rings. The van der Waals surface area contributed by atoms with Crippen LogP contribution in [0.5, 0.6) is 0 Å². The maximum absolute atomic E-state index is 11.7. The fourth-order valence-electron chi connectivity index (χ4n) is 1.71. The van der Waals surface area contributed by atoms with Crippen molar-refractivity contribution < 1.29 is 9.84 Å². The highest BCUT2D eigenvalue weighted by Gasteiger charge is 2.11. The number of unbranched alkanes of at least 4 members (excludes halogenated alkanes) is 1. The van der Waals surface area contributed by atoms with E-state index in [0.29, 0.717) is 19.7 Å². The molecule has 8 nitrogen and oxygen atoms in total. The Morgan fingerprint density at radius 2 is 2.15 bits per heavy atom. The number of anilines is 2. The van der Waals surface area contributed by atoms with E-state index in [0.717, 1.165) is 12.8 Å². The summed E-state index contributed by atoms with van der Waals surface area (Å²) in [5.41, 5.74) is 5.00. The van der Waals surface area contributed by atoms with E-state index in [-0.39, 0.29) is 24.7 Å².